The van der Waals surface area contributed by atoms with Gasteiger partial charge in [-0.3, -0.25) is 24.7 Å². The van der Waals surface area contributed by atoms with E-state index in [0.717, 1.165) is 49.5 Å². The molecule has 4 rings (SSSR count). The molecular formula is C25H28N4O5S. The van der Waals surface area contributed by atoms with Gasteiger partial charge in [0.15, 0.2) is 5.13 Å². The Morgan fingerprint density at radius 2 is 2.09 bits per heavy atom. The first-order chi connectivity index (χ1) is 17.0. The number of ether oxygens (including phenoxy) is 2. The van der Waals surface area contributed by atoms with Crippen LogP contribution in [0, 0.1) is 10.1 Å². The number of aromatic nitrogens is 1. The van der Waals surface area contributed by atoms with Gasteiger partial charge in [0, 0.05) is 44.4 Å². The maximum absolute atomic E-state index is 13.3. The predicted molar refractivity (Wildman–Crippen MR) is 137 cm³/mol. The van der Waals surface area contributed by atoms with Crippen LogP contribution < -0.4 is 9.64 Å². The van der Waals surface area contributed by atoms with E-state index in [9.17, 15) is 14.9 Å². The minimum Gasteiger partial charge on any atom is -0.492 e. The number of nitro benzene ring substituents is 1. The zero-order chi connectivity index (χ0) is 24.6. The van der Waals surface area contributed by atoms with Crippen LogP contribution in [0.25, 0.3) is 16.3 Å². The number of carbonyl (C=O) groups excluding carboxylic acids is 1. The summed E-state index contributed by atoms with van der Waals surface area (Å²) in [6, 6.07) is 12.0. The van der Waals surface area contributed by atoms with Crippen LogP contribution in [-0.4, -0.2) is 66.7 Å². The van der Waals surface area contributed by atoms with Gasteiger partial charge in [-0.05, 0) is 37.1 Å². The molecular weight excluding hydrogens is 468 g/mol. The number of anilines is 1. The minimum atomic E-state index is -0.450. The Balaban J connectivity index is 1.56. The fourth-order valence-electron chi connectivity index (χ4n) is 3.88. The molecule has 0 saturated carbocycles. The number of hydrogen-bond acceptors (Lipinski definition) is 8. The van der Waals surface area contributed by atoms with E-state index in [2.05, 4.69) is 4.90 Å². The number of amides is 1. The van der Waals surface area contributed by atoms with Crippen LogP contribution in [-0.2, 0) is 9.53 Å². The second-order valence-electron chi connectivity index (χ2n) is 8.02. The molecule has 184 valence electrons. The average molecular weight is 497 g/mol. The van der Waals surface area contributed by atoms with Crippen LogP contribution in [0.4, 0.5) is 10.8 Å². The van der Waals surface area contributed by atoms with Crippen molar-refractivity contribution in [2.75, 3.05) is 50.9 Å². The van der Waals surface area contributed by atoms with Crippen molar-refractivity contribution in [1.82, 2.24) is 9.88 Å². The number of nitrogens with zero attached hydrogens (tertiary/aromatic N) is 4. The summed E-state index contributed by atoms with van der Waals surface area (Å²) in [5.41, 5.74) is 1.31. The largest absolute Gasteiger partial charge is 0.492 e. The number of rotatable bonds is 10. The first-order valence-electron chi connectivity index (χ1n) is 11.6. The van der Waals surface area contributed by atoms with Crippen LogP contribution in [0.5, 0.6) is 5.75 Å². The third-order valence-corrected chi connectivity index (χ3v) is 6.67. The Labute approximate surface area is 207 Å². The van der Waals surface area contributed by atoms with E-state index in [-0.39, 0.29) is 11.6 Å². The van der Waals surface area contributed by atoms with E-state index in [1.165, 1.54) is 29.5 Å². The number of benzene rings is 2. The molecule has 1 aromatic heterocycles. The number of hydrogen-bond donors (Lipinski definition) is 0. The lowest BCUT2D eigenvalue weighted by molar-refractivity contribution is -0.384. The van der Waals surface area contributed by atoms with Gasteiger partial charge in [-0.15, -0.1) is 0 Å². The molecule has 0 aliphatic carbocycles. The van der Waals surface area contributed by atoms with Gasteiger partial charge in [0.2, 0.25) is 0 Å². The molecule has 0 spiro atoms. The van der Waals surface area contributed by atoms with Gasteiger partial charge in [-0.25, -0.2) is 4.98 Å². The van der Waals surface area contributed by atoms with E-state index < -0.39 is 4.92 Å². The minimum absolute atomic E-state index is 0.0170. The molecule has 0 unspecified atom stereocenters. The molecule has 0 atom stereocenters. The fraction of sp³-hybridized carbons (Fsp3) is 0.360. The number of morpholine rings is 1. The van der Waals surface area contributed by atoms with Crippen molar-refractivity contribution < 1.29 is 19.2 Å². The Morgan fingerprint density at radius 1 is 1.29 bits per heavy atom. The number of thiazole rings is 1. The zero-order valence-corrected chi connectivity index (χ0v) is 20.4. The van der Waals surface area contributed by atoms with E-state index >= 15 is 0 Å². The van der Waals surface area contributed by atoms with Gasteiger partial charge in [-0.1, -0.05) is 29.5 Å². The molecule has 0 N–H and O–H groups in total. The maximum atomic E-state index is 13.3. The molecule has 9 nitrogen and oxygen atoms in total. The van der Waals surface area contributed by atoms with Gasteiger partial charge >= 0.3 is 0 Å². The molecule has 1 fully saturated rings. The summed E-state index contributed by atoms with van der Waals surface area (Å²) >= 11 is 1.44. The molecule has 10 heteroatoms. The highest BCUT2D eigenvalue weighted by atomic mass is 32.1. The standard InChI is InChI=1S/C25H28N4O5S/c1-2-34-21-8-4-9-22-24(21)26-25(35-22)28(13-5-12-27-14-16-33-17-15-27)23(30)11-10-19-6-3-7-20(18-19)29(31)32/h3-4,6-11,18H,2,5,12-17H2,1H3/b11-10+. The Bertz CT molecular complexity index is 1210. The van der Waals surface area contributed by atoms with Gasteiger partial charge in [-0.2, -0.15) is 0 Å². The molecule has 0 bridgehead atoms. The van der Waals surface area contributed by atoms with Crippen LogP contribution in [0.1, 0.15) is 18.9 Å². The second-order valence-corrected chi connectivity index (χ2v) is 9.02. The molecule has 1 saturated heterocycles. The van der Waals surface area contributed by atoms with Crippen molar-refractivity contribution in [1.29, 1.82) is 0 Å². The highest BCUT2D eigenvalue weighted by Crippen LogP contribution is 2.34. The van der Waals surface area contributed by atoms with Crippen molar-refractivity contribution >= 4 is 44.4 Å². The van der Waals surface area contributed by atoms with Gasteiger partial charge in [0.25, 0.3) is 11.6 Å². The Kier molecular flexibility index (Phi) is 8.40. The summed E-state index contributed by atoms with van der Waals surface area (Å²) in [5.74, 6) is 0.468. The summed E-state index contributed by atoms with van der Waals surface area (Å²) < 4.78 is 12.1. The monoisotopic (exact) mass is 496 g/mol. The topological polar surface area (TPSA) is 98.0 Å². The van der Waals surface area contributed by atoms with Gasteiger partial charge in [0.05, 0.1) is 29.4 Å². The molecule has 3 aromatic rings. The molecule has 1 amide bonds. The highest BCUT2D eigenvalue weighted by molar-refractivity contribution is 7.22. The summed E-state index contributed by atoms with van der Waals surface area (Å²) in [6.45, 7) is 7.04. The maximum Gasteiger partial charge on any atom is 0.270 e. The summed E-state index contributed by atoms with van der Waals surface area (Å²) in [4.78, 5) is 32.7. The zero-order valence-electron chi connectivity index (χ0n) is 19.6. The van der Waals surface area contributed by atoms with Gasteiger partial charge < -0.3 is 9.47 Å². The van der Waals surface area contributed by atoms with Crippen LogP contribution >= 0.6 is 11.3 Å². The molecule has 35 heavy (non-hydrogen) atoms. The smallest absolute Gasteiger partial charge is 0.270 e. The number of fused-ring (bicyclic) bond motifs is 1. The molecule has 1 aliphatic rings. The van der Waals surface area contributed by atoms with Crippen molar-refractivity contribution in [3.8, 4) is 5.75 Å². The lowest BCUT2D eigenvalue weighted by Crippen LogP contribution is -2.39. The van der Waals surface area contributed by atoms with E-state index in [4.69, 9.17) is 14.5 Å². The number of carbonyl (C=O) groups is 1. The summed E-state index contributed by atoms with van der Waals surface area (Å²) in [5, 5.41) is 11.7. The Morgan fingerprint density at radius 3 is 2.86 bits per heavy atom. The quantitative estimate of drug-likeness (QED) is 0.233. The number of non-ortho nitro benzene ring substituents is 1. The predicted octanol–water partition coefficient (Wildman–Crippen LogP) is 4.37. The second kappa shape index (κ2) is 11.9. The lowest BCUT2D eigenvalue weighted by atomic mass is 10.2. The normalized spacial score (nSPS) is 14.4. The number of para-hydroxylation sites is 1. The SMILES string of the molecule is CCOc1cccc2sc(N(CCCN3CCOCC3)C(=O)/C=C/c3cccc([N+](=O)[O-])c3)nc12. The highest BCUT2D eigenvalue weighted by Gasteiger charge is 2.20. The van der Waals surface area contributed by atoms with E-state index in [0.29, 0.717) is 29.6 Å². The molecule has 0 radical (unpaired) electrons. The third kappa shape index (κ3) is 6.41. The molecule has 2 aromatic carbocycles. The van der Waals surface area contributed by atoms with Crippen molar-refractivity contribution in [3.05, 3.63) is 64.2 Å². The van der Waals surface area contributed by atoms with E-state index in [1.54, 1.807) is 23.1 Å². The summed E-state index contributed by atoms with van der Waals surface area (Å²) in [6.07, 6.45) is 3.83. The first-order valence-corrected chi connectivity index (χ1v) is 12.4. The lowest BCUT2D eigenvalue weighted by Gasteiger charge is -2.27. The van der Waals surface area contributed by atoms with Crippen LogP contribution in [0.3, 0.4) is 0 Å². The van der Waals surface area contributed by atoms with Crippen molar-refractivity contribution in [2.45, 2.75) is 13.3 Å². The van der Waals surface area contributed by atoms with E-state index in [1.807, 2.05) is 25.1 Å². The Hall–Kier alpha value is -3.34. The van der Waals surface area contributed by atoms with Crippen LogP contribution in [0.15, 0.2) is 48.5 Å². The van der Waals surface area contributed by atoms with Gasteiger partial charge in [0.1, 0.15) is 11.3 Å². The van der Waals surface area contributed by atoms with Crippen molar-refractivity contribution in [2.24, 2.45) is 0 Å². The number of nitro groups is 1. The van der Waals surface area contributed by atoms with Crippen LogP contribution in [0.2, 0.25) is 0 Å². The van der Waals surface area contributed by atoms with Crippen molar-refractivity contribution in [3.63, 3.8) is 0 Å². The fourth-order valence-corrected chi connectivity index (χ4v) is 4.89. The first kappa shape index (κ1) is 24.8. The molecule has 2 heterocycles. The average Bonchev–Trinajstić information content (AvgIpc) is 3.31. The third-order valence-electron chi connectivity index (χ3n) is 5.63. The summed E-state index contributed by atoms with van der Waals surface area (Å²) in [7, 11) is 0. The molecule has 1 aliphatic heterocycles.